The van der Waals surface area contributed by atoms with E-state index in [9.17, 15) is 9.18 Å². The van der Waals surface area contributed by atoms with Crippen LogP contribution in [0.5, 0.6) is 5.75 Å². The van der Waals surface area contributed by atoms with Gasteiger partial charge in [-0.2, -0.15) is 0 Å². The maximum Gasteiger partial charge on any atom is 0.319 e. The predicted octanol–water partition coefficient (Wildman–Crippen LogP) is 3.89. The zero-order valence-corrected chi connectivity index (χ0v) is 13.3. The lowest BCUT2D eigenvalue weighted by atomic mass is 10.1. The van der Waals surface area contributed by atoms with Crippen molar-refractivity contribution >= 4 is 11.7 Å². The Balaban J connectivity index is 2.06. The summed E-state index contributed by atoms with van der Waals surface area (Å²) < 4.78 is 19.0. The number of hydrogen-bond donors (Lipinski definition) is 2. The van der Waals surface area contributed by atoms with Gasteiger partial charge in [0.2, 0.25) is 0 Å². The zero-order chi connectivity index (χ0) is 16.8. The second-order valence-corrected chi connectivity index (χ2v) is 5.41. The molecule has 1 atom stereocenters. The number of aromatic nitrogens is 1. The molecule has 1 unspecified atom stereocenters. The first-order valence-electron chi connectivity index (χ1n) is 7.39. The quantitative estimate of drug-likeness (QED) is 0.879. The summed E-state index contributed by atoms with van der Waals surface area (Å²) in [6.45, 7) is 5.57. The van der Waals surface area contributed by atoms with Crippen LogP contribution in [0.3, 0.4) is 0 Å². The monoisotopic (exact) mass is 317 g/mol. The van der Waals surface area contributed by atoms with Gasteiger partial charge in [-0.15, -0.1) is 0 Å². The summed E-state index contributed by atoms with van der Waals surface area (Å²) in [6.07, 6.45) is 3.24. The third-order valence-corrected chi connectivity index (χ3v) is 3.11. The molecule has 23 heavy (non-hydrogen) atoms. The zero-order valence-electron chi connectivity index (χ0n) is 13.3. The van der Waals surface area contributed by atoms with Crippen LogP contribution in [-0.2, 0) is 0 Å². The van der Waals surface area contributed by atoms with Gasteiger partial charge in [0, 0.05) is 18.5 Å². The minimum absolute atomic E-state index is 0.0835. The molecule has 1 heterocycles. The van der Waals surface area contributed by atoms with Gasteiger partial charge in [0.15, 0.2) is 0 Å². The highest BCUT2D eigenvalue weighted by Gasteiger charge is 2.13. The average Bonchev–Trinajstić information content (AvgIpc) is 2.50. The Labute approximate surface area is 134 Å². The first-order chi connectivity index (χ1) is 11.0. The van der Waals surface area contributed by atoms with E-state index in [1.807, 2.05) is 32.9 Å². The van der Waals surface area contributed by atoms with Crippen molar-refractivity contribution in [2.45, 2.75) is 32.9 Å². The van der Waals surface area contributed by atoms with Crippen molar-refractivity contribution < 1.29 is 13.9 Å². The van der Waals surface area contributed by atoms with E-state index in [1.54, 1.807) is 12.4 Å². The summed E-state index contributed by atoms with van der Waals surface area (Å²) in [7, 11) is 0. The Morgan fingerprint density at radius 1 is 1.17 bits per heavy atom. The molecule has 0 fully saturated rings. The van der Waals surface area contributed by atoms with E-state index in [0.29, 0.717) is 5.75 Å². The first-order valence-corrected chi connectivity index (χ1v) is 7.39. The minimum Gasteiger partial charge on any atom is -0.489 e. The Morgan fingerprint density at radius 2 is 1.87 bits per heavy atom. The van der Waals surface area contributed by atoms with E-state index in [-0.39, 0.29) is 17.8 Å². The molecule has 0 saturated heterocycles. The van der Waals surface area contributed by atoms with Crippen LogP contribution in [-0.4, -0.2) is 17.1 Å². The van der Waals surface area contributed by atoms with Gasteiger partial charge in [-0.3, -0.25) is 4.98 Å². The molecule has 2 amide bonds. The highest BCUT2D eigenvalue weighted by Crippen LogP contribution is 2.26. The number of pyridine rings is 1. The summed E-state index contributed by atoms with van der Waals surface area (Å²) in [5, 5.41) is 5.42. The number of anilines is 1. The number of nitrogens with zero attached hydrogens (tertiary/aromatic N) is 1. The molecular weight excluding hydrogens is 297 g/mol. The molecule has 2 N–H and O–H groups in total. The Bertz CT molecular complexity index is 662. The van der Waals surface area contributed by atoms with Gasteiger partial charge in [-0.1, -0.05) is 0 Å². The van der Waals surface area contributed by atoms with Crippen molar-refractivity contribution in [2.24, 2.45) is 0 Å². The number of nitrogens with one attached hydrogen (secondary N) is 2. The molecule has 1 aromatic carbocycles. The second-order valence-electron chi connectivity index (χ2n) is 5.41. The third kappa shape index (κ3) is 4.95. The molecule has 2 rings (SSSR count). The third-order valence-electron chi connectivity index (χ3n) is 3.11. The van der Waals surface area contributed by atoms with Crippen LogP contribution in [0.25, 0.3) is 0 Å². The van der Waals surface area contributed by atoms with E-state index >= 15 is 0 Å². The number of amides is 2. The van der Waals surface area contributed by atoms with Crippen molar-refractivity contribution in [1.82, 2.24) is 10.3 Å². The summed E-state index contributed by atoms with van der Waals surface area (Å²) in [4.78, 5) is 16.1. The van der Waals surface area contributed by atoms with Crippen molar-refractivity contribution in [3.05, 3.63) is 54.1 Å². The summed E-state index contributed by atoms with van der Waals surface area (Å²) in [5.74, 6) is -0.0216. The maximum atomic E-state index is 13.4. The number of hydrogen-bond acceptors (Lipinski definition) is 3. The molecule has 1 aromatic heterocycles. The lowest BCUT2D eigenvalue weighted by Gasteiger charge is -2.18. The second kappa shape index (κ2) is 7.58. The number of carbonyl (C=O) groups is 1. The molecule has 6 heteroatoms. The van der Waals surface area contributed by atoms with Gasteiger partial charge in [0.1, 0.15) is 11.6 Å². The van der Waals surface area contributed by atoms with Crippen molar-refractivity contribution in [2.75, 3.05) is 5.32 Å². The topological polar surface area (TPSA) is 63.2 Å². The van der Waals surface area contributed by atoms with Gasteiger partial charge in [-0.25, -0.2) is 9.18 Å². The summed E-state index contributed by atoms with van der Waals surface area (Å²) in [5.41, 5.74) is 1.21. The van der Waals surface area contributed by atoms with E-state index in [2.05, 4.69) is 15.6 Å². The largest absolute Gasteiger partial charge is 0.489 e. The lowest BCUT2D eigenvalue weighted by molar-refractivity contribution is 0.241. The van der Waals surface area contributed by atoms with E-state index in [1.165, 1.54) is 18.2 Å². The maximum absolute atomic E-state index is 13.4. The van der Waals surface area contributed by atoms with Crippen LogP contribution in [0.4, 0.5) is 14.9 Å². The van der Waals surface area contributed by atoms with E-state index in [0.717, 1.165) is 5.56 Å². The van der Waals surface area contributed by atoms with E-state index in [4.69, 9.17) is 4.74 Å². The number of urea groups is 1. The normalized spacial score (nSPS) is 11.9. The molecule has 122 valence electrons. The fraction of sp³-hybridized carbons (Fsp3) is 0.294. The van der Waals surface area contributed by atoms with Crippen molar-refractivity contribution in [1.29, 1.82) is 0 Å². The molecule has 0 aliphatic carbocycles. The fourth-order valence-electron chi connectivity index (χ4n) is 2.05. The van der Waals surface area contributed by atoms with Crippen LogP contribution in [0.15, 0.2) is 42.7 Å². The molecule has 0 radical (unpaired) electrons. The van der Waals surface area contributed by atoms with Gasteiger partial charge in [0.05, 0.1) is 17.8 Å². The van der Waals surface area contributed by atoms with Crippen molar-refractivity contribution in [3.8, 4) is 5.75 Å². The molecule has 0 aliphatic heterocycles. The smallest absolute Gasteiger partial charge is 0.319 e. The lowest BCUT2D eigenvalue weighted by Crippen LogP contribution is -2.31. The van der Waals surface area contributed by atoms with Crippen molar-refractivity contribution in [3.63, 3.8) is 0 Å². The van der Waals surface area contributed by atoms with Gasteiger partial charge in [0.25, 0.3) is 0 Å². The molecule has 5 nitrogen and oxygen atoms in total. The van der Waals surface area contributed by atoms with E-state index < -0.39 is 11.8 Å². The number of rotatable bonds is 5. The average molecular weight is 317 g/mol. The fourth-order valence-corrected chi connectivity index (χ4v) is 2.05. The molecule has 0 aliphatic rings. The van der Waals surface area contributed by atoms with Crippen LogP contribution < -0.4 is 15.4 Å². The minimum atomic E-state index is -0.446. The van der Waals surface area contributed by atoms with Crippen LogP contribution in [0.2, 0.25) is 0 Å². The first kappa shape index (κ1) is 16.7. The highest BCUT2D eigenvalue weighted by atomic mass is 19.1. The van der Waals surface area contributed by atoms with Gasteiger partial charge < -0.3 is 15.4 Å². The molecule has 2 aromatic rings. The Kier molecular flexibility index (Phi) is 5.51. The number of ether oxygens (including phenoxy) is 1. The van der Waals surface area contributed by atoms with Gasteiger partial charge in [-0.05, 0) is 50.6 Å². The molecule has 0 spiro atoms. The van der Waals surface area contributed by atoms with Crippen LogP contribution in [0.1, 0.15) is 32.4 Å². The SMILES string of the molecule is CC(C)Oc1ccc(F)cc1NC(=O)NC(C)c1ccncc1. The van der Waals surface area contributed by atoms with Crippen LogP contribution >= 0.6 is 0 Å². The Hall–Kier alpha value is -2.63. The summed E-state index contributed by atoms with van der Waals surface area (Å²) in [6, 6.07) is 7.02. The van der Waals surface area contributed by atoms with Gasteiger partial charge >= 0.3 is 6.03 Å². The molecular formula is C17H20FN3O2. The number of carbonyl (C=O) groups excluding carboxylic acids is 1. The predicted molar refractivity (Wildman–Crippen MR) is 87.0 cm³/mol. The number of benzene rings is 1. The molecule has 0 saturated carbocycles. The summed E-state index contributed by atoms with van der Waals surface area (Å²) >= 11 is 0. The van der Waals surface area contributed by atoms with Crippen LogP contribution in [0, 0.1) is 5.82 Å². The Morgan fingerprint density at radius 3 is 2.52 bits per heavy atom. The standard InChI is InChI=1S/C17H20FN3O2/c1-11(2)23-16-5-4-14(18)10-15(16)21-17(22)20-12(3)13-6-8-19-9-7-13/h4-12H,1-3H3,(H2,20,21,22). The molecule has 0 bridgehead atoms. The highest BCUT2D eigenvalue weighted by molar-refractivity contribution is 5.91. The number of halogens is 1.